The first-order chi connectivity index (χ1) is 7.79. The highest BCUT2D eigenvalue weighted by atomic mass is 32.2. The molecule has 0 aromatic rings. The predicted molar refractivity (Wildman–Crippen MR) is 74.9 cm³/mol. The molecule has 0 aromatic heterocycles. The maximum Gasteiger partial charge on any atom is 0.0940 e. The zero-order valence-electron chi connectivity index (χ0n) is 11.8. The van der Waals surface area contributed by atoms with Gasteiger partial charge in [0.1, 0.15) is 0 Å². The van der Waals surface area contributed by atoms with Gasteiger partial charge in [-0.3, -0.25) is 0 Å². The van der Waals surface area contributed by atoms with Crippen molar-refractivity contribution in [2.45, 2.75) is 51.1 Å². The van der Waals surface area contributed by atoms with Gasteiger partial charge in [-0.2, -0.15) is 11.8 Å². The number of thioether (sulfide) groups is 1. The molecular weight excluding hydrogens is 234 g/mol. The normalized spacial score (nSPS) is 24.9. The van der Waals surface area contributed by atoms with Gasteiger partial charge in [0.2, 0.25) is 0 Å². The van der Waals surface area contributed by atoms with Crippen LogP contribution in [-0.2, 0) is 9.47 Å². The first-order valence-electron chi connectivity index (χ1n) is 6.39. The van der Waals surface area contributed by atoms with E-state index in [-0.39, 0.29) is 11.7 Å². The molecule has 17 heavy (non-hydrogen) atoms. The fraction of sp³-hybridized carbons (Fsp3) is 1.00. The third-order valence-corrected chi connectivity index (χ3v) is 3.71. The Hall–Kier alpha value is 0.230. The lowest BCUT2D eigenvalue weighted by Crippen LogP contribution is -2.51. The largest absolute Gasteiger partial charge is 0.378 e. The van der Waals surface area contributed by atoms with Crippen LogP contribution < -0.4 is 5.32 Å². The summed E-state index contributed by atoms with van der Waals surface area (Å²) in [6.45, 7) is 14.2. The first-order valence-corrected chi connectivity index (χ1v) is 7.37. The van der Waals surface area contributed by atoms with Gasteiger partial charge in [-0.1, -0.05) is 20.8 Å². The molecule has 1 atom stereocenters. The third-order valence-electron chi connectivity index (χ3n) is 2.47. The summed E-state index contributed by atoms with van der Waals surface area (Å²) in [4.78, 5) is 0. The van der Waals surface area contributed by atoms with E-state index in [0.717, 1.165) is 25.4 Å². The fourth-order valence-corrected chi connectivity index (χ4v) is 2.60. The number of morpholine rings is 1. The molecule has 4 heteroatoms. The van der Waals surface area contributed by atoms with Crippen molar-refractivity contribution in [2.75, 3.05) is 32.1 Å². The van der Waals surface area contributed by atoms with Crippen molar-refractivity contribution in [3.8, 4) is 0 Å². The van der Waals surface area contributed by atoms with Gasteiger partial charge < -0.3 is 14.8 Å². The molecule has 0 aromatic carbocycles. The van der Waals surface area contributed by atoms with Gasteiger partial charge in [0, 0.05) is 23.6 Å². The van der Waals surface area contributed by atoms with E-state index >= 15 is 0 Å². The van der Waals surface area contributed by atoms with E-state index in [4.69, 9.17) is 9.47 Å². The van der Waals surface area contributed by atoms with E-state index < -0.39 is 0 Å². The summed E-state index contributed by atoms with van der Waals surface area (Å²) in [5.41, 5.74) is -0.0631. The molecule has 0 amide bonds. The summed E-state index contributed by atoms with van der Waals surface area (Å²) in [5, 5.41) is 3.38. The smallest absolute Gasteiger partial charge is 0.0940 e. The molecule has 1 N–H and O–H groups in total. The molecule has 1 saturated heterocycles. The number of hydrogen-bond acceptors (Lipinski definition) is 4. The van der Waals surface area contributed by atoms with Crippen molar-refractivity contribution in [3.63, 3.8) is 0 Å². The van der Waals surface area contributed by atoms with Gasteiger partial charge in [-0.15, -0.1) is 0 Å². The lowest BCUT2D eigenvalue weighted by molar-refractivity contribution is -0.119. The fourth-order valence-electron chi connectivity index (χ4n) is 1.78. The van der Waals surface area contributed by atoms with E-state index in [1.807, 2.05) is 11.8 Å². The standard InChI is InChI=1S/C13H27NO2S/c1-12(2,3)17-7-6-15-9-11-8-14-10-13(4,5)16-11/h11,14H,6-10H2,1-5H3. The minimum atomic E-state index is -0.0631. The average Bonchev–Trinajstić information content (AvgIpc) is 2.13. The molecule has 0 radical (unpaired) electrons. The summed E-state index contributed by atoms with van der Waals surface area (Å²) in [7, 11) is 0. The molecule has 1 unspecified atom stereocenters. The molecule has 1 rings (SSSR count). The van der Waals surface area contributed by atoms with Crippen molar-refractivity contribution >= 4 is 11.8 Å². The van der Waals surface area contributed by atoms with Crippen molar-refractivity contribution in [2.24, 2.45) is 0 Å². The van der Waals surface area contributed by atoms with Crippen molar-refractivity contribution in [3.05, 3.63) is 0 Å². The molecule has 0 bridgehead atoms. The Morgan fingerprint density at radius 3 is 2.71 bits per heavy atom. The van der Waals surface area contributed by atoms with Crippen LogP contribution in [0.3, 0.4) is 0 Å². The maximum atomic E-state index is 5.93. The Bertz CT molecular complexity index is 226. The zero-order valence-corrected chi connectivity index (χ0v) is 12.7. The number of nitrogens with one attached hydrogen (secondary N) is 1. The number of hydrogen-bond donors (Lipinski definition) is 1. The molecule has 1 fully saturated rings. The van der Waals surface area contributed by atoms with Crippen molar-refractivity contribution in [1.29, 1.82) is 0 Å². The van der Waals surface area contributed by atoms with Crippen LogP contribution in [0.2, 0.25) is 0 Å². The molecule has 0 saturated carbocycles. The highest BCUT2D eigenvalue weighted by Crippen LogP contribution is 2.22. The molecule has 0 aliphatic carbocycles. The van der Waals surface area contributed by atoms with E-state index in [2.05, 4.69) is 39.9 Å². The topological polar surface area (TPSA) is 30.5 Å². The van der Waals surface area contributed by atoms with E-state index in [9.17, 15) is 0 Å². The second kappa shape index (κ2) is 6.41. The van der Waals surface area contributed by atoms with E-state index in [1.54, 1.807) is 0 Å². The second-order valence-electron chi connectivity index (χ2n) is 6.17. The van der Waals surface area contributed by atoms with E-state index in [1.165, 1.54) is 0 Å². The Kier molecular flexibility index (Phi) is 5.77. The van der Waals surface area contributed by atoms with Crippen LogP contribution in [0.5, 0.6) is 0 Å². The zero-order chi connectivity index (χ0) is 12.9. The van der Waals surface area contributed by atoms with Crippen LogP contribution in [-0.4, -0.2) is 48.5 Å². The van der Waals surface area contributed by atoms with Gasteiger partial charge >= 0.3 is 0 Å². The molecule has 1 aliphatic heterocycles. The first kappa shape index (κ1) is 15.3. The monoisotopic (exact) mass is 261 g/mol. The quantitative estimate of drug-likeness (QED) is 0.769. The summed E-state index contributed by atoms with van der Waals surface area (Å²) in [5.74, 6) is 1.05. The lowest BCUT2D eigenvalue weighted by atomic mass is 10.1. The van der Waals surface area contributed by atoms with Crippen LogP contribution in [0, 0.1) is 0 Å². The van der Waals surface area contributed by atoms with Gasteiger partial charge in [0.15, 0.2) is 0 Å². The summed E-state index contributed by atoms with van der Waals surface area (Å²) >= 11 is 1.94. The highest BCUT2D eigenvalue weighted by molar-refractivity contribution is 8.00. The van der Waals surface area contributed by atoms with Crippen molar-refractivity contribution < 1.29 is 9.47 Å². The molecule has 1 heterocycles. The Labute approximate surface area is 110 Å². The third kappa shape index (κ3) is 7.29. The SMILES string of the molecule is CC1(C)CNCC(COCCSC(C)(C)C)O1. The van der Waals surface area contributed by atoms with E-state index in [0.29, 0.717) is 11.4 Å². The molecular formula is C13H27NO2S. The Morgan fingerprint density at radius 1 is 1.41 bits per heavy atom. The number of rotatable bonds is 5. The predicted octanol–water partition coefficient (Wildman–Crippen LogP) is 2.30. The highest BCUT2D eigenvalue weighted by Gasteiger charge is 2.28. The lowest BCUT2D eigenvalue weighted by Gasteiger charge is -2.36. The molecule has 3 nitrogen and oxygen atoms in total. The van der Waals surface area contributed by atoms with Gasteiger partial charge in [-0.05, 0) is 13.8 Å². The van der Waals surface area contributed by atoms with Crippen LogP contribution in [0.15, 0.2) is 0 Å². The van der Waals surface area contributed by atoms with Crippen molar-refractivity contribution in [1.82, 2.24) is 5.32 Å². The van der Waals surface area contributed by atoms with Crippen LogP contribution in [0.4, 0.5) is 0 Å². The van der Waals surface area contributed by atoms with Crippen LogP contribution >= 0.6 is 11.8 Å². The summed E-state index contributed by atoms with van der Waals surface area (Å²) in [6.07, 6.45) is 0.193. The van der Waals surface area contributed by atoms with Crippen LogP contribution in [0.1, 0.15) is 34.6 Å². The Balaban J connectivity index is 2.07. The molecule has 0 spiro atoms. The molecule has 1 aliphatic rings. The van der Waals surface area contributed by atoms with Crippen LogP contribution in [0.25, 0.3) is 0 Å². The minimum absolute atomic E-state index is 0.0631. The minimum Gasteiger partial charge on any atom is -0.378 e. The van der Waals surface area contributed by atoms with Gasteiger partial charge in [-0.25, -0.2) is 0 Å². The maximum absolute atomic E-state index is 5.93. The van der Waals surface area contributed by atoms with Gasteiger partial charge in [0.05, 0.1) is 24.9 Å². The summed E-state index contributed by atoms with van der Waals surface area (Å²) < 4.78 is 11.9. The second-order valence-corrected chi connectivity index (χ2v) is 8.09. The molecule has 102 valence electrons. The summed E-state index contributed by atoms with van der Waals surface area (Å²) in [6, 6.07) is 0. The Morgan fingerprint density at radius 2 is 2.12 bits per heavy atom. The van der Waals surface area contributed by atoms with Gasteiger partial charge in [0.25, 0.3) is 0 Å². The average molecular weight is 261 g/mol. The number of ether oxygens (including phenoxy) is 2.